The van der Waals surface area contributed by atoms with E-state index >= 15 is 0 Å². The SMILES string of the molecule is COCCNC(=O)c1c(N)n(/N=C/c2ccccc2)c2nc3ccccc3nc12. The first kappa shape index (κ1) is 18.6. The number of para-hydroxylation sites is 2. The van der Waals surface area contributed by atoms with Gasteiger partial charge < -0.3 is 15.8 Å². The minimum Gasteiger partial charge on any atom is -0.383 e. The Morgan fingerprint density at radius 3 is 2.55 bits per heavy atom. The predicted octanol–water partition coefficient (Wildman–Crippen LogP) is 2.43. The van der Waals surface area contributed by atoms with E-state index < -0.39 is 0 Å². The molecule has 0 saturated heterocycles. The molecular formula is C21H20N6O2. The molecule has 3 N–H and O–H groups in total. The number of rotatable bonds is 6. The van der Waals surface area contributed by atoms with Crippen LogP contribution in [0.2, 0.25) is 0 Å². The van der Waals surface area contributed by atoms with Gasteiger partial charge in [0.2, 0.25) is 0 Å². The molecule has 2 aromatic carbocycles. The zero-order chi connectivity index (χ0) is 20.2. The van der Waals surface area contributed by atoms with E-state index in [0.717, 1.165) is 5.56 Å². The first-order chi connectivity index (χ1) is 14.2. The summed E-state index contributed by atoms with van der Waals surface area (Å²) in [6.07, 6.45) is 1.67. The van der Waals surface area contributed by atoms with Crippen LogP contribution in [0.15, 0.2) is 59.7 Å². The van der Waals surface area contributed by atoms with E-state index in [4.69, 9.17) is 10.5 Å². The quantitative estimate of drug-likeness (QED) is 0.390. The largest absolute Gasteiger partial charge is 0.383 e. The fourth-order valence-corrected chi connectivity index (χ4v) is 3.01. The fourth-order valence-electron chi connectivity index (χ4n) is 3.01. The molecule has 0 aliphatic rings. The van der Waals surface area contributed by atoms with E-state index in [0.29, 0.717) is 35.3 Å². The van der Waals surface area contributed by atoms with E-state index in [2.05, 4.69) is 20.4 Å². The molecule has 0 saturated carbocycles. The maximum Gasteiger partial charge on any atom is 0.257 e. The van der Waals surface area contributed by atoms with Crippen LogP contribution < -0.4 is 11.1 Å². The number of anilines is 1. The fraction of sp³-hybridized carbons (Fsp3) is 0.143. The monoisotopic (exact) mass is 388 g/mol. The van der Waals surface area contributed by atoms with Crippen molar-refractivity contribution in [3.05, 3.63) is 65.7 Å². The first-order valence-electron chi connectivity index (χ1n) is 9.12. The van der Waals surface area contributed by atoms with Crippen molar-refractivity contribution in [1.82, 2.24) is 20.0 Å². The number of methoxy groups -OCH3 is 1. The molecule has 0 unspecified atom stereocenters. The second-order valence-corrected chi connectivity index (χ2v) is 6.36. The minimum absolute atomic E-state index is 0.178. The maximum atomic E-state index is 12.8. The van der Waals surface area contributed by atoms with Gasteiger partial charge in [-0.05, 0) is 17.7 Å². The highest BCUT2D eigenvalue weighted by molar-refractivity contribution is 6.10. The number of nitrogens with one attached hydrogen (secondary N) is 1. The summed E-state index contributed by atoms with van der Waals surface area (Å²) in [5.74, 6) is -0.166. The number of fused-ring (bicyclic) bond motifs is 2. The van der Waals surface area contributed by atoms with E-state index in [1.54, 1.807) is 13.3 Å². The highest BCUT2D eigenvalue weighted by Crippen LogP contribution is 2.27. The molecule has 4 rings (SSSR count). The molecule has 0 spiro atoms. The van der Waals surface area contributed by atoms with E-state index in [1.165, 1.54) is 4.68 Å². The van der Waals surface area contributed by atoms with Crippen LogP contribution in [0.3, 0.4) is 0 Å². The van der Waals surface area contributed by atoms with Crippen molar-refractivity contribution in [3.63, 3.8) is 0 Å². The van der Waals surface area contributed by atoms with Gasteiger partial charge in [0.25, 0.3) is 5.91 Å². The van der Waals surface area contributed by atoms with Crippen molar-refractivity contribution in [2.45, 2.75) is 0 Å². The molecule has 0 fully saturated rings. The highest BCUT2D eigenvalue weighted by atomic mass is 16.5. The Labute approximate surface area is 167 Å². The summed E-state index contributed by atoms with van der Waals surface area (Å²) >= 11 is 0. The van der Waals surface area contributed by atoms with Crippen molar-refractivity contribution >= 4 is 40.1 Å². The van der Waals surface area contributed by atoms with Crippen LogP contribution in [-0.4, -0.2) is 47.0 Å². The van der Waals surface area contributed by atoms with E-state index in [1.807, 2.05) is 54.6 Å². The average molecular weight is 388 g/mol. The third kappa shape index (κ3) is 3.65. The minimum atomic E-state index is -0.345. The number of carbonyl (C=O) groups excluding carboxylic acids is 1. The van der Waals surface area contributed by atoms with Gasteiger partial charge in [-0.25, -0.2) is 9.97 Å². The Morgan fingerprint density at radius 2 is 1.83 bits per heavy atom. The standard InChI is InChI=1S/C21H20N6O2/c1-29-12-11-23-21(28)17-18-20(26-16-10-6-5-9-15(16)25-18)27(19(17)22)24-13-14-7-3-2-4-8-14/h2-10,13H,11-12,22H2,1H3,(H,23,28)/b24-13+. The number of hydrogen-bond acceptors (Lipinski definition) is 6. The number of nitrogen functional groups attached to an aromatic ring is 1. The lowest BCUT2D eigenvalue weighted by Crippen LogP contribution is -2.27. The lowest BCUT2D eigenvalue weighted by molar-refractivity contribution is 0.0939. The lowest BCUT2D eigenvalue weighted by Gasteiger charge is -2.04. The number of aromatic nitrogens is 3. The number of amides is 1. The summed E-state index contributed by atoms with van der Waals surface area (Å²) in [7, 11) is 1.57. The average Bonchev–Trinajstić information content (AvgIpc) is 3.01. The molecule has 0 radical (unpaired) electrons. The van der Waals surface area contributed by atoms with Crippen LogP contribution >= 0.6 is 0 Å². The molecule has 8 nitrogen and oxygen atoms in total. The van der Waals surface area contributed by atoms with E-state index in [-0.39, 0.29) is 17.3 Å². The Bertz CT molecular complexity index is 1200. The van der Waals surface area contributed by atoms with Gasteiger partial charge in [-0.1, -0.05) is 42.5 Å². The third-order valence-electron chi connectivity index (χ3n) is 4.41. The second kappa shape index (κ2) is 8.07. The number of carbonyl (C=O) groups is 1. The summed E-state index contributed by atoms with van der Waals surface area (Å²) in [6.45, 7) is 0.751. The topological polar surface area (TPSA) is 107 Å². The van der Waals surface area contributed by atoms with Crippen LogP contribution in [0.5, 0.6) is 0 Å². The van der Waals surface area contributed by atoms with Crippen molar-refractivity contribution < 1.29 is 9.53 Å². The zero-order valence-corrected chi connectivity index (χ0v) is 15.9. The Hall–Kier alpha value is -3.78. The normalized spacial score (nSPS) is 11.5. The summed E-state index contributed by atoms with van der Waals surface area (Å²) in [5.41, 5.74) is 9.67. The van der Waals surface area contributed by atoms with Crippen molar-refractivity contribution in [2.75, 3.05) is 26.0 Å². The van der Waals surface area contributed by atoms with Crippen molar-refractivity contribution in [1.29, 1.82) is 0 Å². The van der Waals surface area contributed by atoms with E-state index in [9.17, 15) is 4.79 Å². The van der Waals surface area contributed by atoms with Gasteiger partial charge in [-0.3, -0.25) is 4.79 Å². The summed E-state index contributed by atoms with van der Waals surface area (Å²) in [6, 6.07) is 17.1. The molecule has 0 atom stereocenters. The molecule has 2 heterocycles. The highest BCUT2D eigenvalue weighted by Gasteiger charge is 2.23. The second-order valence-electron chi connectivity index (χ2n) is 6.36. The molecule has 0 aliphatic heterocycles. The molecule has 0 aliphatic carbocycles. The van der Waals surface area contributed by atoms with Gasteiger partial charge in [0, 0.05) is 13.7 Å². The molecule has 1 amide bonds. The number of hydrogen-bond donors (Lipinski definition) is 2. The van der Waals surface area contributed by atoms with Gasteiger partial charge in [-0.2, -0.15) is 9.78 Å². The predicted molar refractivity (Wildman–Crippen MR) is 113 cm³/mol. The van der Waals surface area contributed by atoms with Crippen LogP contribution in [0.25, 0.3) is 22.2 Å². The number of ether oxygens (including phenoxy) is 1. The van der Waals surface area contributed by atoms with Gasteiger partial charge in [0.05, 0.1) is 23.9 Å². The summed E-state index contributed by atoms with van der Waals surface area (Å²) < 4.78 is 6.44. The van der Waals surface area contributed by atoms with Crippen molar-refractivity contribution in [3.8, 4) is 0 Å². The summed E-state index contributed by atoms with van der Waals surface area (Å²) in [5, 5.41) is 7.26. The molecule has 0 bridgehead atoms. The Kier molecular flexibility index (Phi) is 5.17. The van der Waals surface area contributed by atoms with Crippen LogP contribution in [0.1, 0.15) is 15.9 Å². The zero-order valence-electron chi connectivity index (χ0n) is 15.9. The van der Waals surface area contributed by atoms with Gasteiger partial charge in [0.1, 0.15) is 16.9 Å². The van der Waals surface area contributed by atoms with Crippen molar-refractivity contribution in [2.24, 2.45) is 5.10 Å². The summed E-state index contributed by atoms with van der Waals surface area (Å²) in [4.78, 5) is 22.1. The molecule has 146 valence electrons. The Morgan fingerprint density at radius 1 is 1.14 bits per heavy atom. The molecular weight excluding hydrogens is 368 g/mol. The maximum absolute atomic E-state index is 12.8. The molecule has 8 heteroatoms. The molecule has 2 aromatic heterocycles. The third-order valence-corrected chi connectivity index (χ3v) is 4.41. The van der Waals surface area contributed by atoms with Crippen LogP contribution in [0.4, 0.5) is 5.82 Å². The van der Waals surface area contributed by atoms with Crippen LogP contribution in [-0.2, 0) is 4.74 Å². The number of benzene rings is 2. The number of nitrogens with two attached hydrogens (primary N) is 1. The Balaban J connectivity index is 1.87. The van der Waals surface area contributed by atoms with Gasteiger partial charge >= 0.3 is 0 Å². The first-order valence-corrected chi connectivity index (χ1v) is 9.12. The van der Waals surface area contributed by atoms with Gasteiger partial charge in [0.15, 0.2) is 5.65 Å². The van der Waals surface area contributed by atoms with Crippen LogP contribution in [0, 0.1) is 0 Å². The molecule has 4 aromatic rings. The van der Waals surface area contributed by atoms with Gasteiger partial charge in [-0.15, -0.1) is 0 Å². The molecule has 29 heavy (non-hydrogen) atoms. The lowest BCUT2D eigenvalue weighted by atomic mass is 10.2. The smallest absolute Gasteiger partial charge is 0.257 e. The number of nitrogens with zero attached hydrogens (tertiary/aromatic N) is 4.